The summed E-state index contributed by atoms with van der Waals surface area (Å²) < 4.78 is 6.80. The van der Waals surface area contributed by atoms with E-state index in [1.54, 1.807) is 33.0 Å². The Hall–Kier alpha value is -2.07. The number of hydrogen-bond donors (Lipinski definition) is 1. The third-order valence-corrected chi connectivity index (χ3v) is 2.97. The zero-order chi connectivity index (χ0) is 14.9. The maximum Gasteiger partial charge on any atom is 0.410 e. The fraction of sp³-hybridized carbons (Fsp3) is 0.615. The molecule has 1 amide bonds. The molecule has 1 N–H and O–H groups in total. The number of amides is 1. The quantitative estimate of drug-likeness (QED) is 0.824. The van der Waals surface area contributed by atoms with Gasteiger partial charge in [-0.05, 0) is 26.8 Å². The van der Waals surface area contributed by atoms with Crippen LogP contribution in [0.3, 0.4) is 0 Å². The molecule has 1 aliphatic heterocycles. The van der Waals surface area contributed by atoms with Crippen LogP contribution in [-0.4, -0.2) is 50.7 Å². The second kappa shape index (κ2) is 5.13. The van der Waals surface area contributed by atoms with Crippen LogP contribution in [0.25, 0.3) is 0 Å². The molecule has 0 unspecified atom stereocenters. The lowest BCUT2D eigenvalue weighted by Gasteiger charge is -2.24. The van der Waals surface area contributed by atoms with Gasteiger partial charge in [0.2, 0.25) is 0 Å². The van der Waals surface area contributed by atoms with Gasteiger partial charge >= 0.3 is 6.09 Å². The van der Waals surface area contributed by atoms with Crippen molar-refractivity contribution in [3.63, 3.8) is 0 Å². The minimum atomic E-state index is -0.728. The smallest absolute Gasteiger partial charge is 0.410 e. The van der Waals surface area contributed by atoms with Crippen molar-refractivity contribution in [1.82, 2.24) is 14.7 Å². The number of rotatable bonds is 1. The molecular weight excluding hydrogens is 260 g/mol. The lowest BCUT2D eigenvalue weighted by atomic mass is 10.2. The molecule has 0 spiro atoms. The van der Waals surface area contributed by atoms with Crippen molar-refractivity contribution in [3.05, 3.63) is 18.0 Å². The summed E-state index contributed by atoms with van der Waals surface area (Å²) in [5, 5.41) is 22.8. The average Bonchev–Trinajstić information content (AvgIpc) is 2.92. The highest BCUT2D eigenvalue weighted by molar-refractivity contribution is 5.68. The summed E-state index contributed by atoms with van der Waals surface area (Å²) in [7, 11) is 0. The van der Waals surface area contributed by atoms with E-state index in [0.29, 0.717) is 6.54 Å². The third kappa shape index (κ3) is 3.08. The number of carbonyl (C=O) groups excluding carboxylic acids is 1. The fourth-order valence-corrected chi connectivity index (χ4v) is 2.09. The van der Waals surface area contributed by atoms with Crippen molar-refractivity contribution in [3.8, 4) is 6.07 Å². The van der Waals surface area contributed by atoms with Crippen LogP contribution in [0.5, 0.6) is 0 Å². The minimum Gasteiger partial charge on any atom is -0.444 e. The molecule has 2 rings (SSSR count). The van der Waals surface area contributed by atoms with E-state index in [0.717, 1.165) is 0 Å². The maximum atomic E-state index is 12.0. The highest BCUT2D eigenvalue weighted by atomic mass is 16.6. The number of aromatic nitrogens is 2. The summed E-state index contributed by atoms with van der Waals surface area (Å²) in [5.41, 5.74) is -0.285. The van der Waals surface area contributed by atoms with Gasteiger partial charge in [0.25, 0.3) is 0 Å². The predicted molar refractivity (Wildman–Crippen MR) is 69.8 cm³/mol. The second-order valence-electron chi connectivity index (χ2n) is 5.81. The van der Waals surface area contributed by atoms with Crippen molar-refractivity contribution < 1.29 is 14.6 Å². The largest absolute Gasteiger partial charge is 0.444 e. The fourth-order valence-electron chi connectivity index (χ4n) is 2.09. The third-order valence-electron chi connectivity index (χ3n) is 2.97. The topological polar surface area (TPSA) is 91.4 Å². The van der Waals surface area contributed by atoms with Gasteiger partial charge in [0, 0.05) is 12.7 Å². The Bertz CT molecular complexity index is 541. The number of aliphatic hydroxyl groups is 1. The normalized spacial score (nSPS) is 22.6. The maximum absolute atomic E-state index is 12.0. The Labute approximate surface area is 117 Å². The molecule has 7 nitrogen and oxygen atoms in total. The SMILES string of the molecule is CC(C)(C)OC(=O)N1C[C@@H](O)[C@H](n2ccc(C#N)n2)C1. The summed E-state index contributed by atoms with van der Waals surface area (Å²) >= 11 is 0. The highest BCUT2D eigenvalue weighted by Gasteiger charge is 2.37. The first-order chi connectivity index (χ1) is 9.30. The van der Waals surface area contributed by atoms with E-state index in [-0.39, 0.29) is 18.3 Å². The van der Waals surface area contributed by atoms with Crippen LogP contribution in [-0.2, 0) is 4.74 Å². The Morgan fingerprint density at radius 3 is 2.80 bits per heavy atom. The van der Waals surface area contributed by atoms with Crippen LogP contribution in [0.2, 0.25) is 0 Å². The molecule has 0 saturated carbocycles. The Morgan fingerprint density at radius 1 is 1.55 bits per heavy atom. The zero-order valence-corrected chi connectivity index (χ0v) is 11.8. The Morgan fingerprint density at radius 2 is 2.25 bits per heavy atom. The van der Waals surface area contributed by atoms with Crippen molar-refractivity contribution in [2.24, 2.45) is 0 Å². The number of nitriles is 1. The van der Waals surface area contributed by atoms with Crippen LogP contribution >= 0.6 is 0 Å². The molecule has 20 heavy (non-hydrogen) atoms. The van der Waals surface area contributed by atoms with Crippen molar-refractivity contribution in [1.29, 1.82) is 5.26 Å². The molecule has 0 aliphatic carbocycles. The highest BCUT2D eigenvalue weighted by Crippen LogP contribution is 2.23. The molecule has 7 heteroatoms. The summed E-state index contributed by atoms with van der Waals surface area (Å²) in [5.74, 6) is 0. The first kappa shape index (κ1) is 14.3. The summed E-state index contributed by atoms with van der Waals surface area (Å²) in [4.78, 5) is 13.4. The molecule has 1 aromatic heterocycles. The summed E-state index contributed by atoms with van der Waals surface area (Å²) in [6, 6.07) is 3.15. The monoisotopic (exact) mass is 278 g/mol. The molecule has 1 aromatic rings. The second-order valence-corrected chi connectivity index (χ2v) is 5.81. The van der Waals surface area contributed by atoms with Crippen molar-refractivity contribution in [2.45, 2.75) is 38.5 Å². The van der Waals surface area contributed by atoms with Gasteiger partial charge in [0.15, 0.2) is 5.69 Å². The molecule has 1 aliphatic rings. The molecule has 2 heterocycles. The number of carbonyl (C=O) groups is 1. The van der Waals surface area contributed by atoms with Crippen molar-refractivity contribution >= 4 is 6.09 Å². The van der Waals surface area contributed by atoms with Crippen molar-refractivity contribution in [2.75, 3.05) is 13.1 Å². The zero-order valence-electron chi connectivity index (χ0n) is 11.8. The predicted octanol–water partition coefficient (Wildman–Crippen LogP) is 0.907. The average molecular weight is 278 g/mol. The number of ether oxygens (including phenoxy) is 1. The van der Waals surface area contributed by atoms with E-state index in [2.05, 4.69) is 5.10 Å². The number of aliphatic hydroxyl groups excluding tert-OH is 1. The lowest BCUT2D eigenvalue weighted by molar-refractivity contribution is 0.0270. The summed E-state index contributed by atoms with van der Waals surface area (Å²) in [6.07, 6.45) is 0.450. The van der Waals surface area contributed by atoms with Crippen LogP contribution in [0.1, 0.15) is 32.5 Å². The molecule has 0 aromatic carbocycles. The van der Waals surface area contributed by atoms with Crippen LogP contribution in [0.4, 0.5) is 4.79 Å². The van der Waals surface area contributed by atoms with Gasteiger partial charge in [0.05, 0.1) is 18.7 Å². The molecule has 2 atom stereocenters. The number of hydrogen-bond acceptors (Lipinski definition) is 5. The standard InChI is InChI=1S/C13H18N4O3/c1-13(2,3)20-12(19)16-7-10(11(18)8-16)17-5-4-9(6-14)15-17/h4-5,10-11,18H,7-8H2,1-3H3/t10-,11-/m1/s1. The molecule has 0 radical (unpaired) electrons. The molecule has 1 fully saturated rings. The van der Waals surface area contributed by atoms with Gasteiger partial charge in [-0.3, -0.25) is 4.68 Å². The summed E-state index contributed by atoms with van der Waals surface area (Å²) in [6.45, 7) is 5.88. The Kier molecular flexibility index (Phi) is 3.68. The van der Waals surface area contributed by atoms with E-state index in [1.807, 2.05) is 6.07 Å². The number of β-amino-alcohol motifs (C(OH)–C–C–N with tert-alkyl or cyclic N) is 1. The van der Waals surface area contributed by atoms with Crippen LogP contribution < -0.4 is 0 Å². The molecule has 0 bridgehead atoms. The first-order valence-electron chi connectivity index (χ1n) is 6.41. The van der Waals surface area contributed by atoms with Gasteiger partial charge < -0.3 is 14.7 Å². The van der Waals surface area contributed by atoms with E-state index in [1.165, 1.54) is 9.58 Å². The van der Waals surface area contributed by atoms with Crippen LogP contribution in [0, 0.1) is 11.3 Å². The van der Waals surface area contributed by atoms with E-state index < -0.39 is 17.8 Å². The molecular formula is C13H18N4O3. The van der Waals surface area contributed by atoms with E-state index in [4.69, 9.17) is 10.00 Å². The molecule has 1 saturated heterocycles. The number of likely N-dealkylation sites (tertiary alicyclic amines) is 1. The van der Waals surface area contributed by atoms with E-state index >= 15 is 0 Å². The van der Waals surface area contributed by atoms with E-state index in [9.17, 15) is 9.90 Å². The lowest BCUT2D eigenvalue weighted by Crippen LogP contribution is -2.35. The minimum absolute atomic E-state index is 0.196. The van der Waals surface area contributed by atoms with Crippen LogP contribution in [0.15, 0.2) is 12.3 Å². The van der Waals surface area contributed by atoms with Gasteiger partial charge in [0.1, 0.15) is 11.7 Å². The van der Waals surface area contributed by atoms with Gasteiger partial charge in [-0.2, -0.15) is 10.4 Å². The number of nitrogens with zero attached hydrogens (tertiary/aromatic N) is 4. The first-order valence-corrected chi connectivity index (χ1v) is 6.41. The Balaban J connectivity index is 2.05. The molecule has 108 valence electrons. The van der Waals surface area contributed by atoms with Gasteiger partial charge in [-0.15, -0.1) is 0 Å². The van der Waals surface area contributed by atoms with Gasteiger partial charge in [-0.25, -0.2) is 4.79 Å². The van der Waals surface area contributed by atoms with Gasteiger partial charge in [-0.1, -0.05) is 0 Å².